The predicted octanol–water partition coefficient (Wildman–Crippen LogP) is 2.72. The number of amidine groups is 1. The van der Waals surface area contributed by atoms with Crippen molar-refractivity contribution in [1.82, 2.24) is 9.55 Å². The van der Waals surface area contributed by atoms with Crippen molar-refractivity contribution < 1.29 is 14.3 Å². The van der Waals surface area contributed by atoms with Gasteiger partial charge in [0.25, 0.3) is 6.01 Å². The van der Waals surface area contributed by atoms with E-state index in [0.717, 1.165) is 0 Å². The summed E-state index contributed by atoms with van der Waals surface area (Å²) in [6.45, 7) is 3.63. The first-order chi connectivity index (χ1) is 13.4. The Balaban J connectivity index is 2.12. The summed E-state index contributed by atoms with van der Waals surface area (Å²) in [7, 11) is 1.56. The highest BCUT2D eigenvalue weighted by atomic mass is 16.4. The van der Waals surface area contributed by atoms with E-state index in [-0.39, 0.29) is 17.4 Å². The van der Waals surface area contributed by atoms with Gasteiger partial charge >= 0.3 is 5.97 Å². The maximum atomic E-state index is 11.4. The second-order valence-electron chi connectivity index (χ2n) is 6.04. The summed E-state index contributed by atoms with van der Waals surface area (Å²) < 4.78 is 7.16. The first kappa shape index (κ1) is 17.3. The number of aromatic carboxylic acids is 1. The van der Waals surface area contributed by atoms with Crippen molar-refractivity contribution in [2.45, 2.75) is 0 Å². The van der Waals surface area contributed by atoms with Crippen LogP contribution in [0.15, 0.2) is 50.8 Å². The highest BCUT2D eigenvalue weighted by molar-refractivity contribution is 6.11. The molecule has 0 aliphatic rings. The van der Waals surface area contributed by atoms with Gasteiger partial charge in [-0.1, -0.05) is 0 Å². The maximum Gasteiger partial charge on any atom is 0.335 e. The number of nitrogens with zero attached hydrogens (tertiary/aromatic N) is 4. The standard InChI is InChI=1S/C19H16N6O3/c1-22-15-11-7-9(18(26)27)3-5-13(11)25(16(15)17(20)23-2)10-4-6-14-12(8-10)24-19(21)28-14/h3-8H,1H2,2H3,(H2,20,23)(H2,21,24)(H,26,27). The van der Waals surface area contributed by atoms with E-state index in [1.54, 1.807) is 25.2 Å². The number of carboxylic acid groups (broad SMARTS) is 1. The number of hydrogen-bond donors (Lipinski definition) is 3. The zero-order valence-corrected chi connectivity index (χ0v) is 14.9. The van der Waals surface area contributed by atoms with Crippen LogP contribution in [0.3, 0.4) is 0 Å². The Kier molecular flexibility index (Phi) is 3.85. The zero-order valence-electron chi connectivity index (χ0n) is 14.9. The normalized spacial score (nSPS) is 12.0. The lowest BCUT2D eigenvalue weighted by Gasteiger charge is -2.11. The van der Waals surface area contributed by atoms with Crippen LogP contribution < -0.4 is 11.5 Å². The van der Waals surface area contributed by atoms with Crippen LogP contribution in [0.2, 0.25) is 0 Å². The molecule has 0 amide bonds. The summed E-state index contributed by atoms with van der Waals surface area (Å²) in [4.78, 5) is 23.8. The smallest absolute Gasteiger partial charge is 0.335 e. The number of benzene rings is 2. The molecule has 0 atom stereocenters. The van der Waals surface area contributed by atoms with E-state index >= 15 is 0 Å². The molecule has 2 heterocycles. The molecule has 28 heavy (non-hydrogen) atoms. The minimum absolute atomic E-state index is 0.0684. The Labute approximate surface area is 158 Å². The van der Waals surface area contributed by atoms with Crippen molar-refractivity contribution in [3.05, 3.63) is 47.7 Å². The van der Waals surface area contributed by atoms with Gasteiger partial charge in [0.2, 0.25) is 0 Å². The number of oxazole rings is 1. The number of aromatic nitrogens is 2. The average molecular weight is 376 g/mol. The van der Waals surface area contributed by atoms with Crippen molar-refractivity contribution >= 4 is 52.2 Å². The monoisotopic (exact) mass is 376 g/mol. The molecule has 9 nitrogen and oxygen atoms in total. The van der Waals surface area contributed by atoms with E-state index in [1.807, 2.05) is 10.6 Å². The fourth-order valence-corrected chi connectivity index (χ4v) is 3.25. The second kappa shape index (κ2) is 6.23. The molecule has 0 fully saturated rings. The van der Waals surface area contributed by atoms with Crippen LogP contribution in [0.25, 0.3) is 27.7 Å². The molecule has 9 heteroatoms. The van der Waals surface area contributed by atoms with Gasteiger partial charge in [-0.2, -0.15) is 4.98 Å². The lowest BCUT2D eigenvalue weighted by molar-refractivity contribution is 0.0697. The molecular weight excluding hydrogens is 360 g/mol. The highest BCUT2D eigenvalue weighted by Crippen LogP contribution is 2.37. The molecule has 0 saturated carbocycles. The first-order valence-electron chi connectivity index (χ1n) is 8.22. The molecule has 0 saturated heterocycles. The zero-order chi connectivity index (χ0) is 20.0. The molecule has 0 aliphatic carbocycles. The van der Waals surface area contributed by atoms with Crippen molar-refractivity contribution in [3.8, 4) is 5.69 Å². The van der Waals surface area contributed by atoms with Gasteiger partial charge in [0.1, 0.15) is 17.0 Å². The minimum atomic E-state index is -1.04. The minimum Gasteiger partial charge on any atom is -0.478 e. The van der Waals surface area contributed by atoms with E-state index in [2.05, 4.69) is 21.7 Å². The third-order valence-corrected chi connectivity index (χ3v) is 4.47. The van der Waals surface area contributed by atoms with Crippen LogP contribution in [0, 0.1) is 0 Å². The number of carbonyl (C=O) groups is 1. The van der Waals surface area contributed by atoms with E-state index in [9.17, 15) is 9.90 Å². The van der Waals surface area contributed by atoms with Gasteiger partial charge in [0.05, 0.1) is 16.8 Å². The first-order valence-corrected chi connectivity index (χ1v) is 8.22. The lowest BCUT2D eigenvalue weighted by atomic mass is 10.1. The number of aliphatic imine (C=N–C) groups is 2. The third kappa shape index (κ3) is 2.49. The van der Waals surface area contributed by atoms with E-state index in [4.69, 9.17) is 15.9 Å². The molecule has 0 aliphatic heterocycles. The van der Waals surface area contributed by atoms with Gasteiger partial charge in [0, 0.05) is 18.1 Å². The Morgan fingerprint density at radius 2 is 2.07 bits per heavy atom. The Bertz CT molecular complexity index is 1300. The number of hydrogen-bond acceptors (Lipinski definition) is 6. The Morgan fingerprint density at radius 3 is 2.75 bits per heavy atom. The number of anilines is 1. The third-order valence-electron chi connectivity index (χ3n) is 4.47. The molecular formula is C19H16N6O3. The summed E-state index contributed by atoms with van der Waals surface area (Å²) >= 11 is 0. The quantitative estimate of drug-likeness (QED) is 0.369. The average Bonchev–Trinajstić information content (AvgIpc) is 3.22. The van der Waals surface area contributed by atoms with Gasteiger partial charge in [0.15, 0.2) is 5.58 Å². The molecule has 0 spiro atoms. The van der Waals surface area contributed by atoms with Gasteiger partial charge in [-0.25, -0.2) is 4.79 Å². The fraction of sp³-hybridized carbons (Fsp3) is 0.0526. The molecule has 5 N–H and O–H groups in total. The van der Waals surface area contributed by atoms with Gasteiger partial charge in [-0.3, -0.25) is 9.98 Å². The molecule has 0 bridgehead atoms. The number of fused-ring (bicyclic) bond motifs is 2. The van der Waals surface area contributed by atoms with Crippen molar-refractivity contribution in [2.75, 3.05) is 12.8 Å². The fourth-order valence-electron chi connectivity index (χ4n) is 3.25. The van der Waals surface area contributed by atoms with E-state index in [1.165, 1.54) is 12.1 Å². The van der Waals surface area contributed by atoms with E-state index in [0.29, 0.717) is 39.1 Å². The molecule has 4 rings (SSSR count). The molecule has 0 unspecified atom stereocenters. The van der Waals surface area contributed by atoms with Crippen molar-refractivity contribution in [1.29, 1.82) is 0 Å². The van der Waals surface area contributed by atoms with Crippen molar-refractivity contribution in [3.63, 3.8) is 0 Å². The van der Waals surface area contributed by atoms with Crippen LogP contribution in [-0.4, -0.2) is 40.2 Å². The topological polar surface area (TPSA) is 145 Å². The van der Waals surface area contributed by atoms with Crippen LogP contribution in [-0.2, 0) is 0 Å². The number of carboxylic acids is 1. The summed E-state index contributed by atoms with van der Waals surface area (Å²) in [6.07, 6.45) is 0. The molecule has 0 radical (unpaired) electrons. The second-order valence-corrected chi connectivity index (χ2v) is 6.04. The van der Waals surface area contributed by atoms with Crippen LogP contribution in [0.5, 0.6) is 0 Å². The number of rotatable bonds is 4. The van der Waals surface area contributed by atoms with E-state index < -0.39 is 5.97 Å². The summed E-state index contributed by atoms with van der Waals surface area (Å²) in [6, 6.07) is 10.2. The SMILES string of the molecule is C=Nc1c(/C(N)=N\C)n(-c2ccc3oc(N)nc3c2)c2ccc(C(=O)O)cc12. The number of nitrogens with two attached hydrogens (primary N) is 2. The maximum absolute atomic E-state index is 11.4. The molecule has 2 aromatic carbocycles. The lowest BCUT2D eigenvalue weighted by Crippen LogP contribution is -2.17. The van der Waals surface area contributed by atoms with Gasteiger partial charge < -0.3 is 25.6 Å². The largest absolute Gasteiger partial charge is 0.478 e. The highest BCUT2D eigenvalue weighted by Gasteiger charge is 2.22. The molecule has 140 valence electrons. The molecule has 4 aromatic rings. The predicted molar refractivity (Wildman–Crippen MR) is 108 cm³/mol. The van der Waals surface area contributed by atoms with Crippen LogP contribution in [0.4, 0.5) is 11.7 Å². The van der Waals surface area contributed by atoms with Crippen LogP contribution in [0.1, 0.15) is 16.1 Å². The Morgan fingerprint density at radius 1 is 1.29 bits per heavy atom. The number of nitrogen functional groups attached to an aromatic ring is 1. The Hall–Kier alpha value is -4.14. The van der Waals surface area contributed by atoms with Gasteiger partial charge in [-0.15, -0.1) is 0 Å². The van der Waals surface area contributed by atoms with Gasteiger partial charge in [-0.05, 0) is 43.1 Å². The van der Waals surface area contributed by atoms with Crippen LogP contribution >= 0.6 is 0 Å². The summed E-state index contributed by atoms with van der Waals surface area (Å²) in [5.74, 6) is -0.807. The molecule has 2 aromatic heterocycles. The van der Waals surface area contributed by atoms with Crippen molar-refractivity contribution in [2.24, 2.45) is 15.7 Å². The summed E-state index contributed by atoms with van der Waals surface area (Å²) in [5, 5.41) is 9.94. The summed E-state index contributed by atoms with van der Waals surface area (Å²) in [5.41, 5.74) is 15.4.